The fourth-order valence-electron chi connectivity index (χ4n) is 3.49. The van der Waals surface area contributed by atoms with E-state index in [1.165, 1.54) is 0 Å². The third-order valence-electron chi connectivity index (χ3n) is 5.32. The van der Waals surface area contributed by atoms with E-state index in [4.69, 9.17) is 9.97 Å². The molecule has 0 saturated carbocycles. The molecule has 1 N–H and O–H groups in total. The van der Waals surface area contributed by atoms with Crippen LogP contribution in [0, 0.1) is 25.7 Å². The maximum absolute atomic E-state index is 11.2. The normalized spacial score (nSPS) is 13.7. The van der Waals surface area contributed by atoms with Crippen molar-refractivity contribution in [2.24, 2.45) is 11.8 Å². The monoisotopic (exact) mass is 365 g/mol. The van der Waals surface area contributed by atoms with Crippen LogP contribution in [0.4, 0.5) is 0 Å². The highest BCUT2D eigenvalue weighted by molar-refractivity contribution is 5.78. The smallest absolute Gasteiger partial charge is 0.306 e. The second-order valence-corrected chi connectivity index (χ2v) is 7.44. The third-order valence-corrected chi connectivity index (χ3v) is 5.32. The van der Waals surface area contributed by atoms with Crippen molar-refractivity contribution in [2.75, 3.05) is 0 Å². The molecule has 0 radical (unpaired) electrons. The van der Waals surface area contributed by atoms with Gasteiger partial charge in [-0.2, -0.15) is 0 Å². The number of benzene rings is 1. The summed E-state index contributed by atoms with van der Waals surface area (Å²) in [6.45, 7) is 9.93. The predicted molar refractivity (Wildman–Crippen MR) is 107 cm³/mol. The van der Waals surface area contributed by atoms with Crippen LogP contribution in [0.1, 0.15) is 43.4 Å². The number of carboxylic acids is 1. The van der Waals surface area contributed by atoms with Crippen molar-refractivity contribution in [2.45, 2.75) is 47.5 Å². The second kappa shape index (κ2) is 7.51. The number of nitrogens with zero attached hydrogens (tertiary/aromatic N) is 3. The molecule has 2 aromatic heterocycles. The van der Waals surface area contributed by atoms with Crippen LogP contribution in [0.5, 0.6) is 0 Å². The van der Waals surface area contributed by atoms with E-state index in [1.807, 2.05) is 13.8 Å². The molecular weight excluding hydrogens is 338 g/mol. The van der Waals surface area contributed by atoms with E-state index in [0.29, 0.717) is 0 Å². The number of imidazole rings is 1. The van der Waals surface area contributed by atoms with Gasteiger partial charge in [0.25, 0.3) is 0 Å². The van der Waals surface area contributed by atoms with Gasteiger partial charge in [-0.15, -0.1) is 0 Å². The van der Waals surface area contributed by atoms with E-state index in [2.05, 4.69) is 48.7 Å². The van der Waals surface area contributed by atoms with Crippen LogP contribution in [0.15, 0.2) is 30.3 Å². The van der Waals surface area contributed by atoms with Crippen LogP contribution < -0.4 is 0 Å². The summed E-state index contributed by atoms with van der Waals surface area (Å²) in [7, 11) is 0. The molecule has 0 amide bonds. The third kappa shape index (κ3) is 3.72. The minimum Gasteiger partial charge on any atom is -0.481 e. The Kier molecular flexibility index (Phi) is 5.31. The van der Waals surface area contributed by atoms with Crippen LogP contribution in [-0.2, 0) is 17.6 Å². The Morgan fingerprint density at radius 3 is 2.41 bits per heavy atom. The van der Waals surface area contributed by atoms with Gasteiger partial charge in [0, 0.05) is 17.8 Å². The Morgan fingerprint density at radius 2 is 1.81 bits per heavy atom. The van der Waals surface area contributed by atoms with E-state index in [0.717, 1.165) is 52.3 Å². The van der Waals surface area contributed by atoms with Gasteiger partial charge in [-0.3, -0.25) is 9.36 Å². The highest BCUT2D eigenvalue weighted by Gasteiger charge is 2.20. The number of carbonyl (C=O) groups is 1. The first kappa shape index (κ1) is 19.1. The van der Waals surface area contributed by atoms with Crippen molar-refractivity contribution < 1.29 is 9.90 Å². The Bertz CT molecular complexity index is 973. The number of fused-ring (bicyclic) bond motifs is 1. The zero-order valence-electron chi connectivity index (χ0n) is 16.7. The Hall–Kier alpha value is -2.69. The maximum atomic E-state index is 11.2. The summed E-state index contributed by atoms with van der Waals surface area (Å²) in [5.74, 6) is -0.0232. The van der Waals surface area contributed by atoms with Crippen LogP contribution in [-0.4, -0.2) is 25.6 Å². The molecule has 142 valence electrons. The number of aliphatic carboxylic acids is 1. The lowest BCUT2D eigenvalue weighted by Gasteiger charge is -2.16. The highest BCUT2D eigenvalue weighted by Crippen LogP contribution is 2.25. The fourth-order valence-corrected chi connectivity index (χ4v) is 3.49. The molecule has 3 rings (SSSR count). The molecule has 2 unspecified atom stereocenters. The van der Waals surface area contributed by atoms with Gasteiger partial charge >= 0.3 is 5.97 Å². The van der Waals surface area contributed by atoms with Crippen LogP contribution in [0.25, 0.3) is 16.9 Å². The van der Waals surface area contributed by atoms with Crippen molar-refractivity contribution in [1.29, 1.82) is 0 Å². The van der Waals surface area contributed by atoms with Gasteiger partial charge in [-0.1, -0.05) is 32.9 Å². The summed E-state index contributed by atoms with van der Waals surface area (Å²) in [6.07, 6.45) is 1.57. The van der Waals surface area contributed by atoms with E-state index >= 15 is 0 Å². The zero-order chi connectivity index (χ0) is 19.7. The van der Waals surface area contributed by atoms with Gasteiger partial charge in [-0.25, -0.2) is 9.97 Å². The molecule has 0 saturated heterocycles. The van der Waals surface area contributed by atoms with Crippen molar-refractivity contribution in [1.82, 2.24) is 14.5 Å². The lowest BCUT2D eigenvalue weighted by molar-refractivity contribution is -0.142. The molecule has 0 aliphatic heterocycles. The van der Waals surface area contributed by atoms with Crippen molar-refractivity contribution in [3.63, 3.8) is 0 Å². The summed E-state index contributed by atoms with van der Waals surface area (Å²) in [6, 6.07) is 10.4. The van der Waals surface area contributed by atoms with Gasteiger partial charge in [0.05, 0.1) is 5.92 Å². The molecule has 0 spiro atoms. The minimum atomic E-state index is -0.742. The van der Waals surface area contributed by atoms with Crippen molar-refractivity contribution in [3.8, 4) is 5.69 Å². The number of carboxylic acid groups (broad SMARTS) is 1. The zero-order valence-corrected chi connectivity index (χ0v) is 16.7. The lowest BCUT2D eigenvalue weighted by atomic mass is 9.90. The average molecular weight is 365 g/mol. The number of pyridine rings is 1. The standard InChI is InChI=1S/C22H27N3O2/c1-6-19-24-20-14(3)11-15(4)23-21(20)25(19)18-9-7-17(8-10-18)12-13(2)16(5)22(26)27/h7-11,13,16H,6,12H2,1-5H3,(H,26,27). The Balaban J connectivity index is 1.97. The molecule has 2 atom stereocenters. The molecule has 2 heterocycles. The summed E-state index contributed by atoms with van der Waals surface area (Å²) in [5.41, 5.74) is 6.14. The van der Waals surface area contributed by atoms with E-state index in [-0.39, 0.29) is 11.8 Å². The largest absolute Gasteiger partial charge is 0.481 e. The van der Waals surface area contributed by atoms with Gasteiger partial charge in [0.1, 0.15) is 11.3 Å². The first-order chi connectivity index (χ1) is 12.8. The Morgan fingerprint density at radius 1 is 1.15 bits per heavy atom. The molecule has 1 aromatic carbocycles. The topological polar surface area (TPSA) is 68.0 Å². The highest BCUT2D eigenvalue weighted by atomic mass is 16.4. The molecule has 0 aliphatic carbocycles. The number of aromatic nitrogens is 3. The molecule has 5 heteroatoms. The van der Waals surface area contributed by atoms with Crippen molar-refractivity contribution in [3.05, 3.63) is 53.0 Å². The van der Waals surface area contributed by atoms with Crippen LogP contribution >= 0.6 is 0 Å². The van der Waals surface area contributed by atoms with Gasteiger partial charge in [0.15, 0.2) is 5.65 Å². The predicted octanol–water partition coefficient (Wildman–Crippen LogP) is 4.50. The lowest BCUT2D eigenvalue weighted by Crippen LogP contribution is -2.19. The van der Waals surface area contributed by atoms with E-state index in [1.54, 1.807) is 6.92 Å². The quantitative estimate of drug-likeness (QED) is 0.698. The number of hydrogen-bond donors (Lipinski definition) is 1. The molecule has 3 aromatic rings. The average Bonchev–Trinajstić information content (AvgIpc) is 3.00. The summed E-state index contributed by atoms with van der Waals surface area (Å²) < 4.78 is 2.13. The molecule has 0 fully saturated rings. The number of rotatable bonds is 6. The maximum Gasteiger partial charge on any atom is 0.306 e. The summed E-state index contributed by atoms with van der Waals surface area (Å²) in [4.78, 5) is 20.7. The summed E-state index contributed by atoms with van der Waals surface area (Å²) in [5, 5.41) is 9.19. The molecule has 27 heavy (non-hydrogen) atoms. The number of aryl methyl sites for hydroxylation is 3. The first-order valence-corrected chi connectivity index (χ1v) is 9.49. The number of hydrogen-bond acceptors (Lipinski definition) is 3. The minimum absolute atomic E-state index is 0.0839. The van der Waals surface area contributed by atoms with E-state index in [9.17, 15) is 9.90 Å². The Labute approximate surface area is 160 Å². The first-order valence-electron chi connectivity index (χ1n) is 9.49. The fraction of sp³-hybridized carbons (Fsp3) is 0.409. The molecular formula is C22H27N3O2. The molecule has 0 aliphatic rings. The van der Waals surface area contributed by atoms with Crippen molar-refractivity contribution >= 4 is 17.1 Å². The van der Waals surface area contributed by atoms with Gasteiger partial charge in [0.2, 0.25) is 0 Å². The summed E-state index contributed by atoms with van der Waals surface area (Å²) >= 11 is 0. The molecule has 5 nitrogen and oxygen atoms in total. The molecule has 0 bridgehead atoms. The van der Waals surface area contributed by atoms with Gasteiger partial charge in [-0.05, 0) is 55.5 Å². The van der Waals surface area contributed by atoms with Crippen LogP contribution in [0.3, 0.4) is 0 Å². The second-order valence-electron chi connectivity index (χ2n) is 7.44. The van der Waals surface area contributed by atoms with Crippen LogP contribution in [0.2, 0.25) is 0 Å². The van der Waals surface area contributed by atoms with Gasteiger partial charge < -0.3 is 5.11 Å². The van der Waals surface area contributed by atoms with E-state index < -0.39 is 5.97 Å². The SMILES string of the molecule is CCc1nc2c(C)cc(C)nc2n1-c1ccc(CC(C)C(C)C(=O)O)cc1.